The summed E-state index contributed by atoms with van der Waals surface area (Å²) in [5, 5.41) is 12.3. The van der Waals surface area contributed by atoms with E-state index in [9.17, 15) is 18.0 Å². The molecule has 0 radical (unpaired) electrons. The minimum Gasteiger partial charge on any atom is -0.481 e. The minimum absolute atomic E-state index is 0. The Morgan fingerprint density at radius 1 is 1.41 bits per heavy atom. The molecule has 3 nitrogen and oxygen atoms in total. The van der Waals surface area contributed by atoms with E-state index in [0.717, 1.165) is 18.6 Å². The molecule has 3 unspecified atom stereocenters. The summed E-state index contributed by atoms with van der Waals surface area (Å²) in [6.07, 6.45) is -3.10. The maximum Gasteiger partial charge on any atom is 0.416 e. The van der Waals surface area contributed by atoms with Gasteiger partial charge in [-0.05, 0) is 43.0 Å². The minimum atomic E-state index is -4.36. The fraction of sp³-hybridized carbons (Fsp3) is 0.533. The van der Waals surface area contributed by atoms with Gasteiger partial charge in [0.25, 0.3) is 0 Å². The zero-order valence-corrected chi connectivity index (χ0v) is 12.9. The molecular weight excluding hydrogens is 319 g/mol. The van der Waals surface area contributed by atoms with Crippen LogP contribution in [0, 0.1) is 11.8 Å². The molecule has 3 atom stereocenters. The first-order valence-corrected chi connectivity index (χ1v) is 6.92. The lowest BCUT2D eigenvalue weighted by Crippen LogP contribution is -2.36. The summed E-state index contributed by atoms with van der Waals surface area (Å²) in [5.41, 5.74) is -0.109. The van der Waals surface area contributed by atoms with Gasteiger partial charge >= 0.3 is 12.1 Å². The van der Waals surface area contributed by atoms with E-state index in [1.807, 2.05) is 0 Å². The van der Waals surface area contributed by atoms with Crippen molar-refractivity contribution in [3.05, 3.63) is 35.4 Å². The summed E-state index contributed by atoms with van der Waals surface area (Å²) >= 11 is 0. The normalized spacial score (nSPS) is 23.5. The maximum absolute atomic E-state index is 12.7. The highest BCUT2D eigenvalue weighted by Gasteiger charge is 2.33. The molecule has 2 rings (SSSR count). The number of rotatable bonds is 3. The van der Waals surface area contributed by atoms with Crippen molar-refractivity contribution in [1.29, 1.82) is 0 Å². The summed E-state index contributed by atoms with van der Waals surface area (Å²) in [6.45, 7) is 2.27. The quantitative estimate of drug-likeness (QED) is 0.879. The standard InChI is InChI=1S/C15H18F3NO2.ClH/c1-9(14(20)21)10-5-6-19-13(8-10)11-3-2-4-12(7-11)15(16,17)18;/h2-4,7,9-10,13,19H,5-6,8H2,1H3,(H,20,21);1H. The van der Waals surface area contributed by atoms with Crippen LogP contribution in [0.4, 0.5) is 13.2 Å². The second-order valence-electron chi connectivity index (χ2n) is 5.54. The number of halogens is 4. The Morgan fingerprint density at radius 3 is 2.68 bits per heavy atom. The molecule has 0 amide bonds. The van der Waals surface area contributed by atoms with Crippen molar-refractivity contribution in [3.63, 3.8) is 0 Å². The van der Waals surface area contributed by atoms with E-state index in [1.54, 1.807) is 13.0 Å². The summed E-state index contributed by atoms with van der Waals surface area (Å²) in [6, 6.07) is 5.01. The molecule has 1 saturated heterocycles. The number of carboxylic acids is 1. The largest absolute Gasteiger partial charge is 0.481 e. The van der Waals surface area contributed by atoms with Gasteiger partial charge in [0.15, 0.2) is 0 Å². The smallest absolute Gasteiger partial charge is 0.416 e. The van der Waals surface area contributed by atoms with E-state index in [1.165, 1.54) is 6.07 Å². The molecule has 1 aromatic carbocycles. The van der Waals surface area contributed by atoms with Crippen LogP contribution in [0.5, 0.6) is 0 Å². The molecule has 22 heavy (non-hydrogen) atoms. The van der Waals surface area contributed by atoms with E-state index in [2.05, 4.69) is 5.32 Å². The first kappa shape index (κ1) is 18.8. The van der Waals surface area contributed by atoms with Gasteiger partial charge in [-0.25, -0.2) is 0 Å². The number of alkyl halides is 3. The van der Waals surface area contributed by atoms with Crippen LogP contribution >= 0.6 is 12.4 Å². The summed E-state index contributed by atoms with van der Waals surface area (Å²) < 4.78 is 38.2. The molecule has 1 heterocycles. The fourth-order valence-electron chi connectivity index (χ4n) is 2.79. The molecule has 0 saturated carbocycles. The van der Waals surface area contributed by atoms with Crippen molar-refractivity contribution in [2.45, 2.75) is 32.0 Å². The molecule has 0 bridgehead atoms. The monoisotopic (exact) mass is 337 g/mol. The number of carbonyl (C=O) groups is 1. The molecule has 124 valence electrons. The van der Waals surface area contributed by atoms with Gasteiger partial charge < -0.3 is 10.4 Å². The van der Waals surface area contributed by atoms with Crippen LogP contribution in [0.1, 0.15) is 36.9 Å². The Balaban J connectivity index is 0.00000242. The van der Waals surface area contributed by atoms with Gasteiger partial charge in [0.2, 0.25) is 0 Å². The topological polar surface area (TPSA) is 49.3 Å². The highest BCUT2D eigenvalue weighted by molar-refractivity contribution is 5.85. The van der Waals surface area contributed by atoms with Crippen LogP contribution in [-0.4, -0.2) is 17.6 Å². The van der Waals surface area contributed by atoms with Gasteiger partial charge in [0.1, 0.15) is 0 Å². The number of benzene rings is 1. The van der Waals surface area contributed by atoms with Crippen LogP contribution in [0.25, 0.3) is 0 Å². The Kier molecular flexibility index (Phi) is 6.26. The lowest BCUT2D eigenvalue weighted by Gasteiger charge is -2.33. The van der Waals surface area contributed by atoms with Crippen LogP contribution in [0.3, 0.4) is 0 Å². The van der Waals surface area contributed by atoms with Crippen LogP contribution in [0.15, 0.2) is 24.3 Å². The average molecular weight is 338 g/mol. The van der Waals surface area contributed by atoms with Crippen molar-refractivity contribution in [2.75, 3.05) is 6.54 Å². The highest BCUT2D eigenvalue weighted by Crippen LogP contribution is 2.35. The van der Waals surface area contributed by atoms with Crippen molar-refractivity contribution in [3.8, 4) is 0 Å². The molecule has 1 aromatic rings. The van der Waals surface area contributed by atoms with Crippen LogP contribution < -0.4 is 5.32 Å². The molecule has 1 aliphatic heterocycles. The first-order valence-electron chi connectivity index (χ1n) is 6.92. The molecule has 2 N–H and O–H groups in total. The number of carboxylic acid groups (broad SMARTS) is 1. The number of hydrogen-bond donors (Lipinski definition) is 2. The van der Waals surface area contributed by atoms with Gasteiger partial charge in [0.05, 0.1) is 11.5 Å². The Morgan fingerprint density at radius 2 is 2.09 bits per heavy atom. The first-order chi connectivity index (χ1) is 9.79. The van der Waals surface area contributed by atoms with E-state index in [4.69, 9.17) is 5.11 Å². The third-order valence-corrected chi connectivity index (χ3v) is 4.16. The van der Waals surface area contributed by atoms with E-state index < -0.39 is 23.6 Å². The highest BCUT2D eigenvalue weighted by atomic mass is 35.5. The number of piperidine rings is 1. The number of aliphatic carboxylic acids is 1. The predicted octanol–water partition coefficient (Wildman–Crippen LogP) is 3.89. The molecule has 0 spiro atoms. The Hall–Kier alpha value is -1.27. The molecular formula is C15H19ClF3NO2. The molecule has 7 heteroatoms. The van der Waals surface area contributed by atoms with Gasteiger partial charge in [-0.15, -0.1) is 12.4 Å². The predicted molar refractivity (Wildman–Crippen MR) is 79.0 cm³/mol. The van der Waals surface area contributed by atoms with Crippen molar-refractivity contribution in [2.24, 2.45) is 11.8 Å². The zero-order valence-electron chi connectivity index (χ0n) is 12.1. The number of hydrogen-bond acceptors (Lipinski definition) is 2. The maximum atomic E-state index is 12.7. The molecule has 0 aliphatic carbocycles. The third kappa shape index (κ3) is 4.36. The second-order valence-corrected chi connectivity index (χ2v) is 5.54. The van der Waals surface area contributed by atoms with Gasteiger partial charge in [-0.1, -0.05) is 19.1 Å². The molecule has 0 aromatic heterocycles. The summed E-state index contributed by atoms with van der Waals surface area (Å²) in [5.74, 6) is -1.37. The lowest BCUT2D eigenvalue weighted by molar-refractivity contribution is -0.143. The lowest BCUT2D eigenvalue weighted by atomic mass is 9.81. The SMILES string of the molecule is CC(C(=O)O)C1CCNC(c2cccc(C(F)(F)F)c2)C1.Cl. The van der Waals surface area contributed by atoms with Crippen molar-refractivity contribution < 1.29 is 23.1 Å². The van der Waals surface area contributed by atoms with Crippen molar-refractivity contribution >= 4 is 18.4 Å². The van der Waals surface area contributed by atoms with Gasteiger partial charge in [0, 0.05) is 6.04 Å². The van der Waals surface area contributed by atoms with E-state index in [0.29, 0.717) is 18.5 Å². The van der Waals surface area contributed by atoms with Crippen LogP contribution in [0.2, 0.25) is 0 Å². The second kappa shape index (κ2) is 7.33. The van der Waals surface area contributed by atoms with E-state index in [-0.39, 0.29) is 24.4 Å². The molecule has 1 aliphatic rings. The van der Waals surface area contributed by atoms with Gasteiger partial charge in [-0.2, -0.15) is 13.2 Å². The number of nitrogens with one attached hydrogen (secondary N) is 1. The van der Waals surface area contributed by atoms with Gasteiger partial charge in [-0.3, -0.25) is 4.79 Å². The summed E-state index contributed by atoms with van der Waals surface area (Å²) in [7, 11) is 0. The third-order valence-electron chi connectivity index (χ3n) is 4.16. The average Bonchev–Trinajstić information content (AvgIpc) is 2.46. The fourth-order valence-corrected chi connectivity index (χ4v) is 2.79. The Labute approximate surface area is 133 Å². The molecule has 1 fully saturated rings. The van der Waals surface area contributed by atoms with Crippen LogP contribution in [-0.2, 0) is 11.0 Å². The Bertz CT molecular complexity index is 522. The zero-order chi connectivity index (χ0) is 15.6. The van der Waals surface area contributed by atoms with Crippen molar-refractivity contribution in [1.82, 2.24) is 5.32 Å². The van der Waals surface area contributed by atoms with E-state index >= 15 is 0 Å². The summed E-state index contributed by atoms with van der Waals surface area (Å²) in [4.78, 5) is 11.1.